The van der Waals surface area contributed by atoms with E-state index in [0.29, 0.717) is 12.7 Å². The molecule has 0 spiro atoms. The number of unbranched alkanes of at least 4 members (excludes halogenated alkanes) is 2. The number of rotatable bonds is 8. The Morgan fingerprint density at radius 3 is 2.53 bits per heavy atom. The molecule has 5 heteroatoms. The Labute approximate surface area is 89.4 Å². The van der Waals surface area contributed by atoms with Crippen LogP contribution in [0.25, 0.3) is 0 Å². The Bertz CT molecular complexity index is 229. The number of nitrogens with one attached hydrogen (secondary N) is 1. The number of carbonyl (C=O) groups is 3. The summed E-state index contributed by atoms with van der Waals surface area (Å²) in [5, 5.41) is 2.45. The molecule has 0 saturated carbocycles. The summed E-state index contributed by atoms with van der Waals surface area (Å²) in [5.41, 5.74) is 4.92. The van der Waals surface area contributed by atoms with Crippen LogP contribution in [0.4, 0.5) is 0 Å². The van der Waals surface area contributed by atoms with Crippen molar-refractivity contribution in [2.24, 2.45) is 5.73 Å². The monoisotopic (exact) mass is 214 g/mol. The van der Waals surface area contributed by atoms with Crippen molar-refractivity contribution in [1.82, 2.24) is 5.32 Å². The van der Waals surface area contributed by atoms with E-state index in [1.807, 2.05) is 6.92 Å². The molecule has 0 saturated heterocycles. The van der Waals surface area contributed by atoms with E-state index in [2.05, 4.69) is 5.32 Å². The highest BCUT2D eigenvalue weighted by Crippen LogP contribution is 1.99. The lowest BCUT2D eigenvalue weighted by Gasteiger charge is -2.10. The molecule has 0 aliphatic heterocycles. The number of hydrogen-bond donors (Lipinski definition) is 2. The Kier molecular flexibility index (Phi) is 7.23. The second-order valence-corrected chi connectivity index (χ2v) is 3.44. The van der Waals surface area contributed by atoms with E-state index in [4.69, 9.17) is 5.73 Å². The van der Waals surface area contributed by atoms with Gasteiger partial charge in [-0.15, -0.1) is 0 Å². The normalized spacial score (nSPS) is 11.8. The highest BCUT2D eigenvalue weighted by Gasteiger charge is 2.13. The smallest absolute Gasteiger partial charge is 0.220 e. The second kappa shape index (κ2) is 7.96. The molecule has 3 N–H and O–H groups in total. The van der Waals surface area contributed by atoms with E-state index in [1.165, 1.54) is 0 Å². The van der Waals surface area contributed by atoms with E-state index in [9.17, 15) is 14.4 Å². The van der Waals surface area contributed by atoms with Crippen LogP contribution in [-0.2, 0) is 14.4 Å². The highest BCUT2D eigenvalue weighted by molar-refractivity contribution is 5.83. The van der Waals surface area contributed by atoms with Crippen LogP contribution in [0.15, 0.2) is 0 Å². The fourth-order valence-electron chi connectivity index (χ4n) is 1.16. The van der Waals surface area contributed by atoms with Crippen molar-refractivity contribution >= 4 is 18.1 Å². The molecule has 5 nitrogen and oxygen atoms in total. The van der Waals surface area contributed by atoms with Crippen molar-refractivity contribution in [3.63, 3.8) is 0 Å². The van der Waals surface area contributed by atoms with Gasteiger partial charge in [0.1, 0.15) is 6.29 Å². The van der Waals surface area contributed by atoms with E-state index in [0.717, 1.165) is 19.3 Å². The zero-order valence-corrected chi connectivity index (χ0v) is 8.99. The lowest BCUT2D eigenvalue weighted by atomic mass is 10.1. The van der Waals surface area contributed by atoms with Crippen LogP contribution in [0, 0.1) is 0 Å². The molecule has 0 radical (unpaired) electrons. The summed E-state index contributed by atoms with van der Waals surface area (Å²) in [4.78, 5) is 32.3. The Morgan fingerprint density at radius 2 is 2.07 bits per heavy atom. The molecule has 1 atom stereocenters. The van der Waals surface area contributed by atoms with Crippen molar-refractivity contribution in [2.75, 3.05) is 0 Å². The zero-order valence-electron chi connectivity index (χ0n) is 8.99. The zero-order chi connectivity index (χ0) is 11.7. The SMILES string of the molecule is CCCCCC(=O)N[C@@H](C=O)CC(N)=O. The number of carbonyl (C=O) groups excluding carboxylic acids is 3. The lowest BCUT2D eigenvalue weighted by molar-refractivity contribution is -0.125. The molecular weight excluding hydrogens is 196 g/mol. The second-order valence-electron chi connectivity index (χ2n) is 3.44. The topological polar surface area (TPSA) is 89.3 Å². The van der Waals surface area contributed by atoms with Crippen LogP contribution in [0.3, 0.4) is 0 Å². The van der Waals surface area contributed by atoms with Crippen LogP contribution in [0.5, 0.6) is 0 Å². The van der Waals surface area contributed by atoms with Crippen molar-refractivity contribution < 1.29 is 14.4 Å². The van der Waals surface area contributed by atoms with E-state index in [1.54, 1.807) is 0 Å². The number of primary amides is 1. The van der Waals surface area contributed by atoms with Gasteiger partial charge in [-0.3, -0.25) is 9.59 Å². The summed E-state index contributed by atoms with van der Waals surface area (Å²) >= 11 is 0. The summed E-state index contributed by atoms with van der Waals surface area (Å²) in [7, 11) is 0. The summed E-state index contributed by atoms with van der Waals surface area (Å²) in [5.74, 6) is -0.803. The standard InChI is InChI=1S/C10H18N2O3/c1-2-3-4-5-10(15)12-8(7-13)6-9(11)14/h7-8H,2-6H2,1H3,(H2,11,14)(H,12,15)/t8-/m1/s1. The van der Waals surface area contributed by atoms with Gasteiger partial charge < -0.3 is 15.8 Å². The van der Waals surface area contributed by atoms with Gasteiger partial charge >= 0.3 is 0 Å². The Hall–Kier alpha value is -1.39. The maximum atomic E-state index is 11.2. The molecule has 0 heterocycles. The van der Waals surface area contributed by atoms with Crippen molar-refractivity contribution in [2.45, 2.75) is 45.1 Å². The fourth-order valence-corrected chi connectivity index (χ4v) is 1.16. The number of hydrogen-bond acceptors (Lipinski definition) is 3. The first kappa shape index (κ1) is 13.6. The van der Waals surface area contributed by atoms with Crippen LogP contribution >= 0.6 is 0 Å². The van der Waals surface area contributed by atoms with Crippen LogP contribution in [0.2, 0.25) is 0 Å². The average molecular weight is 214 g/mol. The summed E-state index contributed by atoms with van der Waals surface area (Å²) in [6.45, 7) is 2.04. The molecule has 0 aliphatic carbocycles. The molecule has 0 aromatic carbocycles. The molecule has 0 aromatic rings. The van der Waals surface area contributed by atoms with Gasteiger partial charge in [-0.25, -0.2) is 0 Å². The minimum atomic E-state index is -0.781. The van der Waals surface area contributed by atoms with E-state index >= 15 is 0 Å². The van der Waals surface area contributed by atoms with Crippen LogP contribution < -0.4 is 11.1 Å². The van der Waals surface area contributed by atoms with Gasteiger partial charge in [0, 0.05) is 6.42 Å². The first-order valence-electron chi connectivity index (χ1n) is 5.13. The summed E-state index contributed by atoms with van der Waals surface area (Å²) < 4.78 is 0. The molecule has 0 bridgehead atoms. The third kappa shape index (κ3) is 7.66. The highest BCUT2D eigenvalue weighted by atomic mass is 16.2. The molecule has 0 fully saturated rings. The lowest BCUT2D eigenvalue weighted by Crippen LogP contribution is -2.38. The van der Waals surface area contributed by atoms with Crippen molar-refractivity contribution in [3.05, 3.63) is 0 Å². The minimum absolute atomic E-state index is 0.136. The molecule has 0 unspecified atom stereocenters. The predicted octanol–water partition coefficient (Wildman–Crippen LogP) is 0.126. The summed E-state index contributed by atoms with van der Waals surface area (Å²) in [6.07, 6.45) is 3.59. The van der Waals surface area contributed by atoms with Crippen LogP contribution in [0.1, 0.15) is 39.0 Å². The summed E-state index contributed by atoms with van der Waals surface area (Å²) in [6, 6.07) is -0.781. The maximum Gasteiger partial charge on any atom is 0.220 e. The molecule has 86 valence electrons. The first-order chi connectivity index (χ1) is 7.10. The number of amides is 2. The van der Waals surface area contributed by atoms with Crippen molar-refractivity contribution in [3.8, 4) is 0 Å². The quantitative estimate of drug-likeness (QED) is 0.444. The van der Waals surface area contributed by atoms with E-state index in [-0.39, 0.29) is 12.3 Å². The molecular formula is C10H18N2O3. The molecule has 15 heavy (non-hydrogen) atoms. The largest absolute Gasteiger partial charge is 0.370 e. The minimum Gasteiger partial charge on any atom is -0.370 e. The van der Waals surface area contributed by atoms with Crippen LogP contribution in [-0.4, -0.2) is 24.1 Å². The van der Waals surface area contributed by atoms with Gasteiger partial charge in [0.2, 0.25) is 11.8 Å². The number of nitrogens with two attached hydrogens (primary N) is 1. The molecule has 0 aromatic heterocycles. The average Bonchev–Trinajstić information content (AvgIpc) is 2.16. The molecule has 2 amide bonds. The van der Waals surface area contributed by atoms with Gasteiger partial charge in [-0.2, -0.15) is 0 Å². The third-order valence-corrected chi connectivity index (χ3v) is 1.94. The predicted molar refractivity (Wildman–Crippen MR) is 55.9 cm³/mol. The van der Waals surface area contributed by atoms with Gasteiger partial charge in [0.25, 0.3) is 0 Å². The van der Waals surface area contributed by atoms with Gasteiger partial charge in [-0.1, -0.05) is 19.8 Å². The molecule has 0 aliphatic rings. The maximum absolute atomic E-state index is 11.2. The van der Waals surface area contributed by atoms with Crippen molar-refractivity contribution in [1.29, 1.82) is 0 Å². The van der Waals surface area contributed by atoms with Gasteiger partial charge in [0.05, 0.1) is 12.5 Å². The Morgan fingerprint density at radius 1 is 1.40 bits per heavy atom. The Balaban J connectivity index is 3.80. The van der Waals surface area contributed by atoms with Gasteiger partial charge in [0.15, 0.2) is 0 Å². The molecule has 0 rings (SSSR count). The van der Waals surface area contributed by atoms with Gasteiger partial charge in [-0.05, 0) is 6.42 Å². The first-order valence-corrected chi connectivity index (χ1v) is 5.13. The third-order valence-electron chi connectivity index (χ3n) is 1.94. The fraction of sp³-hybridized carbons (Fsp3) is 0.700. The van der Waals surface area contributed by atoms with E-state index < -0.39 is 11.9 Å². The number of aldehydes is 1.